The van der Waals surface area contributed by atoms with E-state index < -0.39 is 4.75 Å². The van der Waals surface area contributed by atoms with Crippen LogP contribution >= 0.6 is 27.7 Å². The molecule has 2 aromatic rings. The Morgan fingerprint density at radius 1 is 1.23 bits per heavy atom. The lowest BCUT2D eigenvalue weighted by atomic mass is 9.80. The Labute approximate surface area is 141 Å². The van der Waals surface area contributed by atoms with Gasteiger partial charge in [0.25, 0.3) is 0 Å². The number of aryl methyl sites for hydroxylation is 1. The van der Waals surface area contributed by atoms with E-state index in [2.05, 4.69) is 28.1 Å². The fourth-order valence-corrected chi connectivity index (χ4v) is 4.37. The quantitative estimate of drug-likeness (QED) is 0.672. The third-order valence-corrected chi connectivity index (χ3v) is 5.81. The standard InChI is InChI=1S/C18H14BrFOS/c1-12-2-5-14(19)10-16(12)17-8-9-22-18(17,11-21)13-3-6-15(20)7-4-13/h2-11,17H,1H3. The molecule has 3 rings (SSSR count). The number of benzene rings is 2. The molecule has 0 saturated heterocycles. The number of rotatable bonds is 3. The van der Waals surface area contributed by atoms with Gasteiger partial charge in [-0.3, -0.25) is 0 Å². The van der Waals surface area contributed by atoms with Gasteiger partial charge in [0.2, 0.25) is 0 Å². The van der Waals surface area contributed by atoms with Gasteiger partial charge in [0, 0.05) is 10.4 Å². The molecule has 0 radical (unpaired) electrons. The van der Waals surface area contributed by atoms with E-state index in [0.717, 1.165) is 27.4 Å². The number of aldehydes is 1. The van der Waals surface area contributed by atoms with Crippen LogP contribution in [0.5, 0.6) is 0 Å². The molecule has 0 aromatic heterocycles. The number of thioether (sulfide) groups is 1. The van der Waals surface area contributed by atoms with Crippen LogP contribution < -0.4 is 0 Å². The van der Waals surface area contributed by atoms with E-state index in [9.17, 15) is 9.18 Å². The van der Waals surface area contributed by atoms with Crippen LogP contribution in [0.4, 0.5) is 4.39 Å². The fraction of sp³-hybridized carbons (Fsp3) is 0.167. The number of hydrogen-bond acceptors (Lipinski definition) is 2. The van der Waals surface area contributed by atoms with Crippen molar-refractivity contribution in [1.29, 1.82) is 0 Å². The SMILES string of the molecule is Cc1ccc(Br)cc1C1C=CSC1(C=O)c1ccc(F)cc1. The monoisotopic (exact) mass is 376 g/mol. The van der Waals surface area contributed by atoms with Crippen LogP contribution in [0.25, 0.3) is 0 Å². The minimum absolute atomic E-state index is 0.0713. The summed E-state index contributed by atoms with van der Waals surface area (Å²) in [4.78, 5) is 12.0. The summed E-state index contributed by atoms with van der Waals surface area (Å²) >= 11 is 4.98. The zero-order valence-corrected chi connectivity index (χ0v) is 14.3. The van der Waals surface area contributed by atoms with Crippen LogP contribution in [0.2, 0.25) is 0 Å². The fourth-order valence-electron chi connectivity index (χ4n) is 2.85. The number of halogens is 2. The second-order valence-corrected chi connectivity index (χ2v) is 7.44. The van der Waals surface area contributed by atoms with Crippen molar-refractivity contribution in [2.75, 3.05) is 0 Å². The first-order valence-corrected chi connectivity index (χ1v) is 8.57. The zero-order valence-electron chi connectivity index (χ0n) is 11.9. The highest BCUT2D eigenvalue weighted by atomic mass is 79.9. The maximum absolute atomic E-state index is 13.2. The smallest absolute Gasteiger partial charge is 0.141 e. The minimum Gasteiger partial charge on any atom is -0.301 e. The molecule has 1 nitrogen and oxygen atoms in total. The van der Waals surface area contributed by atoms with Crippen molar-refractivity contribution in [2.24, 2.45) is 0 Å². The Morgan fingerprint density at radius 2 is 1.95 bits per heavy atom. The van der Waals surface area contributed by atoms with Gasteiger partial charge in [-0.1, -0.05) is 40.2 Å². The number of carbonyl (C=O) groups is 1. The van der Waals surface area contributed by atoms with Crippen molar-refractivity contribution < 1.29 is 9.18 Å². The Morgan fingerprint density at radius 3 is 2.64 bits per heavy atom. The Balaban J connectivity index is 2.13. The van der Waals surface area contributed by atoms with Crippen LogP contribution in [-0.4, -0.2) is 6.29 Å². The van der Waals surface area contributed by atoms with Crippen LogP contribution in [0.15, 0.2) is 58.4 Å². The van der Waals surface area contributed by atoms with Gasteiger partial charge in [-0.2, -0.15) is 0 Å². The Hall–Kier alpha value is -1.39. The van der Waals surface area contributed by atoms with Gasteiger partial charge in [-0.25, -0.2) is 4.39 Å². The predicted octanol–water partition coefficient (Wildman–Crippen LogP) is 5.34. The van der Waals surface area contributed by atoms with Crippen LogP contribution in [-0.2, 0) is 9.54 Å². The largest absolute Gasteiger partial charge is 0.301 e. The van der Waals surface area contributed by atoms with Gasteiger partial charge >= 0.3 is 0 Å². The van der Waals surface area contributed by atoms with Crippen molar-refractivity contribution in [2.45, 2.75) is 17.6 Å². The molecule has 4 heteroatoms. The molecule has 112 valence electrons. The molecule has 1 aliphatic heterocycles. The highest BCUT2D eigenvalue weighted by Crippen LogP contribution is 2.53. The van der Waals surface area contributed by atoms with Gasteiger partial charge in [0.05, 0.1) is 0 Å². The summed E-state index contributed by atoms with van der Waals surface area (Å²) in [7, 11) is 0. The van der Waals surface area contributed by atoms with E-state index in [1.165, 1.54) is 23.9 Å². The first-order valence-electron chi connectivity index (χ1n) is 6.90. The summed E-state index contributed by atoms with van der Waals surface area (Å²) in [6.45, 7) is 2.04. The predicted molar refractivity (Wildman–Crippen MR) is 92.5 cm³/mol. The van der Waals surface area contributed by atoms with E-state index in [1.54, 1.807) is 12.1 Å². The van der Waals surface area contributed by atoms with Gasteiger partial charge in [0.1, 0.15) is 16.9 Å². The molecule has 2 atom stereocenters. The molecule has 2 unspecified atom stereocenters. The summed E-state index contributed by atoms with van der Waals surface area (Å²) in [6.07, 6.45) is 3.03. The van der Waals surface area contributed by atoms with Crippen molar-refractivity contribution >= 4 is 34.0 Å². The molecule has 0 aliphatic carbocycles. The van der Waals surface area contributed by atoms with Gasteiger partial charge in [-0.15, -0.1) is 11.8 Å². The van der Waals surface area contributed by atoms with E-state index in [0.29, 0.717) is 0 Å². The molecule has 2 aromatic carbocycles. The molecule has 1 aliphatic rings. The summed E-state index contributed by atoms with van der Waals surface area (Å²) in [6, 6.07) is 12.3. The van der Waals surface area contributed by atoms with Crippen LogP contribution in [0, 0.1) is 12.7 Å². The summed E-state index contributed by atoms with van der Waals surface area (Å²) in [5, 5.41) is 1.96. The molecule has 0 N–H and O–H groups in total. The first-order chi connectivity index (χ1) is 10.6. The minimum atomic E-state index is -0.737. The molecule has 0 fully saturated rings. The molecule has 0 amide bonds. The average Bonchev–Trinajstić information content (AvgIpc) is 2.95. The van der Waals surface area contributed by atoms with Crippen molar-refractivity contribution in [3.05, 3.63) is 80.9 Å². The van der Waals surface area contributed by atoms with Crippen LogP contribution in [0.1, 0.15) is 22.6 Å². The highest BCUT2D eigenvalue weighted by Gasteiger charge is 2.44. The lowest BCUT2D eigenvalue weighted by molar-refractivity contribution is -0.110. The molecular formula is C18H14BrFOS. The summed E-state index contributed by atoms with van der Waals surface area (Å²) in [5.41, 5.74) is 3.06. The normalized spacial score (nSPS) is 23.7. The third-order valence-electron chi connectivity index (χ3n) is 4.04. The lowest BCUT2D eigenvalue weighted by Crippen LogP contribution is -2.28. The van der Waals surface area contributed by atoms with Crippen molar-refractivity contribution in [3.63, 3.8) is 0 Å². The molecule has 1 heterocycles. The lowest BCUT2D eigenvalue weighted by Gasteiger charge is -2.31. The molecular weight excluding hydrogens is 363 g/mol. The number of allylic oxidation sites excluding steroid dienone is 1. The number of carbonyl (C=O) groups excluding carboxylic acids is 1. The summed E-state index contributed by atoms with van der Waals surface area (Å²) in [5.74, 6) is -0.367. The Kier molecular flexibility index (Phi) is 4.24. The molecule has 22 heavy (non-hydrogen) atoms. The first kappa shape index (κ1) is 15.5. The second kappa shape index (κ2) is 6.01. The van der Waals surface area contributed by atoms with E-state index in [4.69, 9.17) is 0 Å². The maximum Gasteiger partial charge on any atom is 0.141 e. The van der Waals surface area contributed by atoms with E-state index in [-0.39, 0.29) is 11.7 Å². The molecule has 0 spiro atoms. The average molecular weight is 377 g/mol. The van der Waals surface area contributed by atoms with E-state index >= 15 is 0 Å². The van der Waals surface area contributed by atoms with Crippen LogP contribution in [0.3, 0.4) is 0 Å². The highest BCUT2D eigenvalue weighted by molar-refractivity contribution is 9.10. The van der Waals surface area contributed by atoms with Crippen molar-refractivity contribution in [1.82, 2.24) is 0 Å². The summed E-state index contributed by atoms with van der Waals surface area (Å²) < 4.78 is 13.5. The topological polar surface area (TPSA) is 17.1 Å². The second-order valence-electron chi connectivity index (χ2n) is 5.34. The number of hydrogen-bond donors (Lipinski definition) is 0. The third kappa shape index (κ3) is 2.55. The van der Waals surface area contributed by atoms with Crippen molar-refractivity contribution in [3.8, 4) is 0 Å². The Bertz CT molecular complexity index is 741. The molecule has 0 saturated carbocycles. The van der Waals surface area contributed by atoms with E-state index in [1.807, 2.05) is 24.5 Å². The van der Waals surface area contributed by atoms with Gasteiger partial charge in [-0.05, 0) is 53.3 Å². The molecule has 0 bridgehead atoms. The zero-order chi connectivity index (χ0) is 15.7. The van der Waals surface area contributed by atoms with Gasteiger partial charge in [0.15, 0.2) is 0 Å². The maximum atomic E-state index is 13.2. The van der Waals surface area contributed by atoms with Gasteiger partial charge < -0.3 is 4.79 Å².